The van der Waals surface area contributed by atoms with Gasteiger partial charge in [0.05, 0.1) is 28.9 Å². The van der Waals surface area contributed by atoms with E-state index in [4.69, 9.17) is 16.3 Å². The van der Waals surface area contributed by atoms with Crippen LogP contribution in [0.4, 0.5) is 0 Å². The summed E-state index contributed by atoms with van der Waals surface area (Å²) in [5, 5.41) is 0.279. The monoisotopic (exact) mass is 294 g/mol. The third-order valence-corrected chi connectivity index (χ3v) is 3.58. The fraction of sp³-hybridized carbons (Fsp3) is 0.467. The number of benzene rings is 1. The summed E-state index contributed by atoms with van der Waals surface area (Å²) in [5.41, 5.74) is 0.630. The third-order valence-electron chi connectivity index (χ3n) is 3.39. The van der Waals surface area contributed by atoms with Crippen molar-refractivity contribution in [2.45, 2.75) is 31.7 Å². The number of ether oxygens (including phenoxy) is 1. The molecule has 4 nitrogen and oxygen atoms in total. The van der Waals surface area contributed by atoms with Gasteiger partial charge >= 0.3 is 0 Å². The molecule has 2 aromatic rings. The minimum absolute atomic E-state index is 0.0537. The SMILES string of the molecule is CCC(COC)n1c(C(C)Cl)nc2ccccc2c1=O. The molecule has 0 fully saturated rings. The molecule has 0 saturated carbocycles. The van der Waals surface area contributed by atoms with Crippen molar-refractivity contribution in [3.8, 4) is 0 Å². The first-order valence-electron chi connectivity index (χ1n) is 6.74. The highest BCUT2D eigenvalue weighted by Gasteiger charge is 2.20. The number of alkyl halides is 1. The lowest BCUT2D eigenvalue weighted by atomic mass is 10.2. The van der Waals surface area contributed by atoms with Crippen molar-refractivity contribution >= 4 is 22.5 Å². The lowest BCUT2D eigenvalue weighted by Crippen LogP contribution is -2.31. The van der Waals surface area contributed by atoms with Crippen molar-refractivity contribution in [3.63, 3.8) is 0 Å². The van der Waals surface area contributed by atoms with E-state index in [1.807, 2.05) is 32.0 Å². The summed E-state index contributed by atoms with van der Waals surface area (Å²) >= 11 is 6.22. The van der Waals surface area contributed by atoms with Crippen molar-refractivity contribution in [3.05, 3.63) is 40.4 Å². The van der Waals surface area contributed by atoms with Crippen molar-refractivity contribution in [1.82, 2.24) is 9.55 Å². The third kappa shape index (κ3) is 2.72. The molecule has 1 aromatic carbocycles. The van der Waals surface area contributed by atoms with Crippen molar-refractivity contribution in [2.24, 2.45) is 0 Å². The van der Waals surface area contributed by atoms with Crippen LogP contribution in [0.15, 0.2) is 29.1 Å². The van der Waals surface area contributed by atoms with Crippen molar-refractivity contribution in [2.75, 3.05) is 13.7 Å². The highest BCUT2D eigenvalue weighted by Crippen LogP contribution is 2.23. The van der Waals surface area contributed by atoms with E-state index in [9.17, 15) is 4.79 Å². The molecule has 0 radical (unpaired) electrons. The predicted molar refractivity (Wildman–Crippen MR) is 81.5 cm³/mol. The standard InChI is InChI=1S/C15H19ClN2O2/c1-4-11(9-20-3)18-14(10(2)16)17-13-8-6-5-7-12(13)15(18)19/h5-8,10-11H,4,9H2,1-3H3. The van der Waals surface area contributed by atoms with Gasteiger partial charge in [-0.15, -0.1) is 11.6 Å². The van der Waals surface area contributed by atoms with E-state index in [2.05, 4.69) is 4.98 Å². The Balaban J connectivity index is 2.75. The Labute approximate surface area is 123 Å². The van der Waals surface area contributed by atoms with Crippen LogP contribution < -0.4 is 5.56 Å². The Kier molecular flexibility index (Phi) is 4.78. The second-order valence-electron chi connectivity index (χ2n) is 4.80. The Bertz CT molecular complexity index is 652. The molecular formula is C15H19ClN2O2. The van der Waals surface area contributed by atoms with Gasteiger partial charge in [0.1, 0.15) is 5.82 Å². The summed E-state index contributed by atoms with van der Waals surface area (Å²) in [6, 6.07) is 7.29. The van der Waals surface area contributed by atoms with Crippen LogP contribution in [-0.2, 0) is 4.74 Å². The average Bonchev–Trinajstić information content (AvgIpc) is 2.45. The Morgan fingerprint density at radius 1 is 1.40 bits per heavy atom. The van der Waals surface area contributed by atoms with Crippen LogP contribution in [0.1, 0.15) is 37.5 Å². The van der Waals surface area contributed by atoms with Gasteiger partial charge in [0, 0.05) is 7.11 Å². The quantitative estimate of drug-likeness (QED) is 0.795. The highest BCUT2D eigenvalue weighted by molar-refractivity contribution is 6.20. The number of methoxy groups -OCH3 is 1. The van der Waals surface area contributed by atoms with Gasteiger partial charge in [0.15, 0.2) is 0 Å². The average molecular weight is 295 g/mol. The molecule has 2 unspecified atom stereocenters. The van der Waals surface area contributed by atoms with Crippen LogP contribution in [-0.4, -0.2) is 23.3 Å². The molecule has 0 aliphatic carbocycles. The molecule has 108 valence electrons. The van der Waals surface area contributed by atoms with Gasteiger partial charge < -0.3 is 4.74 Å². The van der Waals surface area contributed by atoms with Crippen LogP contribution in [0.2, 0.25) is 0 Å². The maximum atomic E-state index is 12.7. The van der Waals surface area contributed by atoms with Crippen molar-refractivity contribution < 1.29 is 4.74 Å². The summed E-state index contributed by atoms with van der Waals surface area (Å²) < 4.78 is 6.90. The molecule has 0 aliphatic heterocycles. The van der Waals surface area contributed by atoms with E-state index >= 15 is 0 Å². The number of hydrogen-bond acceptors (Lipinski definition) is 3. The molecule has 0 aliphatic rings. The van der Waals surface area contributed by atoms with Crippen LogP contribution in [0.25, 0.3) is 10.9 Å². The molecule has 2 atom stereocenters. The number of aromatic nitrogens is 2. The first-order valence-corrected chi connectivity index (χ1v) is 7.18. The highest BCUT2D eigenvalue weighted by atomic mass is 35.5. The van der Waals surface area contributed by atoms with E-state index in [-0.39, 0.29) is 17.0 Å². The minimum Gasteiger partial charge on any atom is -0.383 e. The van der Waals surface area contributed by atoms with E-state index in [1.165, 1.54) is 0 Å². The van der Waals surface area contributed by atoms with Crippen LogP contribution in [0.5, 0.6) is 0 Å². The summed E-state index contributed by atoms with van der Waals surface area (Å²) in [4.78, 5) is 17.3. The van der Waals surface area contributed by atoms with Gasteiger partial charge in [-0.2, -0.15) is 0 Å². The predicted octanol–water partition coefficient (Wildman–Crippen LogP) is 3.29. The van der Waals surface area contributed by atoms with Gasteiger partial charge in [-0.3, -0.25) is 9.36 Å². The molecular weight excluding hydrogens is 276 g/mol. The van der Waals surface area contributed by atoms with Gasteiger partial charge in [-0.05, 0) is 25.5 Å². The zero-order valence-electron chi connectivity index (χ0n) is 12.0. The Hall–Kier alpha value is -1.39. The molecule has 0 saturated heterocycles. The molecule has 0 amide bonds. The molecule has 0 spiro atoms. The molecule has 0 bridgehead atoms. The molecule has 1 aromatic heterocycles. The maximum absolute atomic E-state index is 12.7. The first kappa shape index (κ1) is 15.0. The number of nitrogens with zero attached hydrogens (tertiary/aromatic N) is 2. The van der Waals surface area contributed by atoms with E-state index in [0.29, 0.717) is 23.3 Å². The van der Waals surface area contributed by atoms with Crippen LogP contribution in [0.3, 0.4) is 0 Å². The second-order valence-corrected chi connectivity index (χ2v) is 5.45. The molecule has 20 heavy (non-hydrogen) atoms. The normalized spacial score (nSPS) is 14.4. The topological polar surface area (TPSA) is 44.1 Å². The van der Waals surface area contributed by atoms with Gasteiger partial charge in [-0.1, -0.05) is 19.1 Å². The molecule has 1 heterocycles. The Morgan fingerprint density at radius 2 is 2.10 bits per heavy atom. The van der Waals surface area contributed by atoms with Gasteiger partial charge in [0.2, 0.25) is 0 Å². The summed E-state index contributed by atoms with van der Waals surface area (Å²) in [6.07, 6.45) is 0.782. The lowest BCUT2D eigenvalue weighted by Gasteiger charge is -2.22. The summed E-state index contributed by atoms with van der Waals surface area (Å²) in [6.45, 7) is 4.31. The summed E-state index contributed by atoms with van der Waals surface area (Å²) in [5.74, 6) is 0.597. The van der Waals surface area contributed by atoms with Crippen molar-refractivity contribution in [1.29, 1.82) is 0 Å². The first-order chi connectivity index (χ1) is 9.60. The number of rotatable bonds is 5. The zero-order chi connectivity index (χ0) is 14.7. The van der Waals surface area contributed by atoms with Gasteiger partial charge in [0.25, 0.3) is 5.56 Å². The zero-order valence-corrected chi connectivity index (χ0v) is 12.7. The maximum Gasteiger partial charge on any atom is 0.261 e. The number of fused-ring (bicyclic) bond motifs is 1. The van der Waals surface area contributed by atoms with E-state index in [0.717, 1.165) is 6.42 Å². The fourth-order valence-electron chi connectivity index (χ4n) is 2.36. The minimum atomic E-state index is -0.335. The number of halogens is 1. The van der Waals surface area contributed by atoms with Gasteiger partial charge in [-0.25, -0.2) is 4.98 Å². The van der Waals surface area contributed by atoms with Crippen LogP contribution >= 0.6 is 11.6 Å². The molecule has 0 N–H and O–H groups in total. The largest absolute Gasteiger partial charge is 0.383 e. The number of para-hydroxylation sites is 1. The Morgan fingerprint density at radius 3 is 2.70 bits per heavy atom. The smallest absolute Gasteiger partial charge is 0.261 e. The van der Waals surface area contributed by atoms with E-state index < -0.39 is 0 Å². The van der Waals surface area contributed by atoms with E-state index in [1.54, 1.807) is 17.7 Å². The number of hydrogen-bond donors (Lipinski definition) is 0. The lowest BCUT2D eigenvalue weighted by molar-refractivity contribution is 0.149. The molecule has 5 heteroatoms. The van der Waals surface area contributed by atoms with Crippen LogP contribution in [0, 0.1) is 0 Å². The second kappa shape index (κ2) is 6.37. The fourth-order valence-corrected chi connectivity index (χ4v) is 2.52. The summed E-state index contributed by atoms with van der Waals surface area (Å²) in [7, 11) is 1.63. The molecule has 2 rings (SSSR count).